The fourth-order valence-corrected chi connectivity index (χ4v) is 3.92. The van der Waals surface area contributed by atoms with Crippen molar-refractivity contribution >= 4 is 34.7 Å². The normalized spacial score (nSPS) is 18.4. The zero-order valence-electron chi connectivity index (χ0n) is 18.0. The van der Waals surface area contributed by atoms with Crippen LogP contribution in [0.4, 0.5) is 20.3 Å². The van der Waals surface area contributed by atoms with E-state index in [4.69, 9.17) is 11.3 Å². The summed E-state index contributed by atoms with van der Waals surface area (Å²) >= 11 is 0. The monoisotopic (exact) mass is 468 g/mol. The first-order chi connectivity index (χ1) is 16.4. The van der Waals surface area contributed by atoms with Gasteiger partial charge in [-0.1, -0.05) is 17.4 Å². The number of nitrogens with zero attached hydrogens (tertiary/aromatic N) is 4. The fraction of sp³-hybridized carbons (Fsp3) is 0.273. The van der Waals surface area contributed by atoms with Gasteiger partial charge in [0.05, 0.1) is 11.3 Å². The second-order valence-corrected chi connectivity index (χ2v) is 7.85. The second-order valence-electron chi connectivity index (χ2n) is 7.85. The summed E-state index contributed by atoms with van der Waals surface area (Å²) in [7, 11) is 0. The van der Waals surface area contributed by atoms with Crippen molar-refractivity contribution in [2.24, 2.45) is 10.3 Å². The molecule has 4 rings (SSSR count). The van der Waals surface area contributed by atoms with Crippen LogP contribution in [0.3, 0.4) is 0 Å². The Hall–Kier alpha value is -4.22. The van der Waals surface area contributed by atoms with Gasteiger partial charge in [0.15, 0.2) is 17.5 Å². The van der Waals surface area contributed by atoms with Crippen molar-refractivity contribution in [3.63, 3.8) is 0 Å². The van der Waals surface area contributed by atoms with Gasteiger partial charge in [-0.3, -0.25) is 9.59 Å². The fourth-order valence-electron chi connectivity index (χ4n) is 3.92. The van der Waals surface area contributed by atoms with E-state index in [-0.39, 0.29) is 34.7 Å². The molecule has 2 aliphatic heterocycles. The van der Waals surface area contributed by atoms with Crippen LogP contribution in [0.25, 0.3) is 5.57 Å². The summed E-state index contributed by atoms with van der Waals surface area (Å²) in [6, 6.07) is 4.80. The van der Waals surface area contributed by atoms with E-state index in [2.05, 4.69) is 25.9 Å². The molecule has 176 valence electrons. The number of pyridine rings is 1. The molecule has 12 heteroatoms. The first-order valence-electron chi connectivity index (χ1n) is 10.6. The van der Waals surface area contributed by atoms with E-state index in [0.29, 0.717) is 37.9 Å². The molecule has 0 radical (unpaired) electrons. The third-order valence-corrected chi connectivity index (χ3v) is 5.71. The standard InChI is InChI=1S/C22H22F2N8O2/c23-15-2-1-3-16(19(15)24)29-21(30-31-26)14-10-13(11-27-20(14)25)12-6-8-32(9-7-12)22(34)17-4-5-18(33)28-17/h1-3,6,10-11,17H,4-5,7-9H2,(H2,25,27)(H,28,33)(H2,26,29,30)/t17-/m0/s1. The number of anilines is 2. The molecule has 1 aromatic carbocycles. The van der Waals surface area contributed by atoms with Crippen LogP contribution in [-0.4, -0.2) is 46.7 Å². The molecule has 0 spiro atoms. The van der Waals surface area contributed by atoms with Crippen LogP contribution in [-0.2, 0) is 9.59 Å². The number of carbonyl (C=O) groups is 2. The molecule has 0 unspecified atom stereocenters. The van der Waals surface area contributed by atoms with Crippen LogP contribution >= 0.6 is 0 Å². The van der Waals surface area contributed by atoms with E-state index in [9.17, 15) is 18.4 Å². The van der Waals surface area contributed by atoms with Gasteiger partial charge < -0.3 is 21.3 Å². The average molecular weight is 468 g/mol. The van der Waals surface area contributed by atoms with Gasteiger partial charge in [0, 0.05) is 25.7 Å². The highest BCUT2D eigenvalue weighted by Crippen LogP contribution is 2.26. The number of hydrogen-bond acceptors (Lipinski definition) is 6. The van der Waals surface area contributed by atoms with Crippen molar-refractivity contribution in [2.45, 2.75) is 25.3 Å². The predicted molar refractivity (Wildman–Crippen MR) is 121 cm³/mol. The van der Waals surface area contributed by atoms with E-state index in [1.165, 1.54) is 12.1 Å². The number of nitrogens with two attached hydrogens (primary N) is 1. The molecular formula is C22H22F2N8O2. The van der Waals surface area contributed by atoms with Crippen LogP contribution in [0.5, 0.6) is 0 Å². The quantitative estimate of drug-likeness (QED) is 0.230. The largest absolute Gasteiger partial charge is 0.383 e. The molecule has 2 aliphatic rings. The zero-order valence-corrected chi connectivity index (χ0v) is 18.0. The zero-order chi connectivity index (χ0) is 24.2. The van der Waals surface area contributed by atoms with Crippen molar-refractivity contribution in [3.05, 3.63) is 59.3 Å². The SMILES string of the molecule is N=N/N=C(\Nc1cccc(F)c1F)c1cc(C2=CCN(C(=O)[C@@H]3CCC(=O)N3)CC2)cnc1N. The van der Waals surface area contributed by atoms with Gasteiger partial charge in [0.1, 0.15) is 11.9 Å². The molecule has 1 saturated heterocycles. The number of nitrogen functional groups attached to an aromatic ring is 1. The van der Waals surface area contributed by atoms with Crippen LogP contribution in [0.1, 0.15) is 30.4 Å². The Morgan fingerprint density at radius 3 is 2.82 bits per heavy atom. The van der Waals surface area contributed by atoms with Gasteiger partial charge >= 0.3 is 0 Å². The average Bonchev–Trinajstić information content (AvgIpc) is 3.28. The Morgan fingerprint density at radius 1 is 1.32 bits per heavy atom. The Kier molecular flexibility index (Phi) is 6.57. The van der Waals surface area contributed by atoms with Crippen molar-refractivity contribution in [1.29, 1.82) is 5.53 Å². The van der Waals surface area contributed by atoms with Gasteiger partial charge in [-0.15, -0.1) is 5.10 Å². The number of amidine groups is 1. The lowest BCUT2D eigenvalue weighted by molar-refractivity contribution is -0.134. The maximum Gasteiger partial charge on any atom is 0.245 e. The Morgan fingerprint density at radius 2 is 2.15 bits per heavy atom. The summed E-state index contributed by atoms with van der Waals surface area (Å²) in [5.41, 5.74) is 14.8. The van der Waals surface area contributed by atoms with Gasteiger partial charge in [0.25, 0.3) is 0 Å². The van der Waals surface area contributed by atoms with Gasteiger partial charge in [0.2, 0.25) is 11.8 Å². The lowest BCUT2D eigenvalue weighted by Crippen LogP contribution is -2.45. The topological polar surface area (TPSA) is 149 Å². The van der Waals surface area contributed by atoms with Crippen LogP contribution in [0, 0.1) is 17.2 Å². The molecule has 1 atom stereocenters. The smallest absolute Gasteiger partial charge is 0.245 e. The number of benzene rings is 1. The van der Waals surface area contributed by atoms with Crippen molar-refractivity contribution < 1.29 is 18.4 Å². The summed E-state index contributed by atoms with van der Waals surface area (Å²) in [6.45, 7) is 0.836. The highest BCUT2D eigenvalue weighted by molar-refractivity contribution is 6.11. The number of amides is 2. The van der Waals surface area contributed by atoms with E-state index < -0.39 is 17.7 Å². The van der Waals surface area contributed by atoms with E-state index in [1.807, 2.05) is 6.08 Å². The van der Waals surface area contributed by atoms with Gasteiger partial charge in [-0.2, -0.15) is 5.53 Å². The Labute approximate surface area is 193 Å². The predicted octanol–water partition coefficient (Wildman–Crippen LogP) is 2.64. The molecule has 1 aromatic heterocycles. The highest BCUT2D eigenvalue weighted by Gasteiger charge is 2.31. The third-order valence-electron chi connectivity index (χ3n) is 5.71. The molecule has 0 bridgehead atoms. The molecule has 10 nitrogen and oxygen atoms in total. The van der Waals surface area contributed by atoms with Crippen molar-refractivity contribution in [1.82, 2.24) is 15.2 Å². The number of hydrogen-bond donors (Lipinski definition) is 4. The summed E-state index contributed by atoms with van der Waals surface area (Å²) in [4.78, 5) is 29.9. The van der Waals surface area contributed by atoms with Crippen molar-refractivity contribution in [3.8, 4) is 0 Å². The minimum Gasteiger partial charge on any atom is -0.383 e. The van der Waals surface area contributed by atoms with E-state index >= 15 is 0 Å². The number of aromatic nitrogens is 1. The number of rotatable bonds is 5. The Bertz CT molecular complexity index is 1210. The van der Waals surface area contributed by atoms with E-state index in [0.717, 1.165) is 11.6 Å². The third kappa shape index (κ3) is 4.75. The summed E-state index contributed by atoms with van der Waals surface area (Å²) in [6.07, 6.45) is 4.85. The molecule has 2 aromatic rings. The van der Waals surface area contributed by atoms with Crippen LogP contribution < -0.4 is 16.4 Å². The molecule has 0 saturated carbocycles. The summed E-state index contributed by atoms with van der Waals surface area (Å²) < 4.78 is 27.7. The molecule has 1 fully saturated rings. The van der Waals surface area contributed by atoms with Gasteiger partial charge in [-0.25, -0.2) is 13.8 Å². The number of nitrogens with one attached hydrogen (secondary N) is 3. The van der Waals surface area contributed by atoms with Crippen LogP contribution in [0.2, 0.25) is 0 Å². The minimum absolute atomic E-state index is 0.0562. The highest BCUT2D eigenvalue weighted by atomic mass is 19.2. The first-order valence-corrected chi connectivity index (χ1v) is 10.6. The maximum atomic E-state index is 14.1. The Balaban J connectivity index is 1.55. The molecule has 34 heavy (non-hydrogen) atoms. The van der Waals surface area contributed by atoms with Gasteiger partial charge in [-0.05, 0) is 42.2 Å². The summed E-state index contributed by atoms with van der Waals surface area (Å²) in [5.74, 6) is -2.39. The first kappa shape index (κ1) is 23.0. The van der Waals surface area contributed by atoms with E-state index in [1.54, 1.807) is 17.2 Å². The number of halogens is 2. The lowest BCUT2D eigenvalue weighted by Gasteiger charge is -2.29. The van der Waals surface area contributed by atoms with Crippen molar-refractivity contribution in [2.75, 3.05) is 24.1 Å². The molecule has 2 amide bonds. The van der Waals surface area contributed by atoms with Crippen LogP contribution in [0.15, 0.2) is 46.9 Å². The number of carbonyl (C=O) groups excluding carboxylic acids is 2. The second kappa shape index (κ2) is 9.73. The lowest BCUT2D eigenvalue weighted by atomic mass is 9.98. The summed E-state index contributed by atoms with van der Waals surface area (Å²) in [5, 5.41) is 12.0. The molecule has 0 aliphatic carbocycles. The minimum atomic E-state index is -1.11. The molecular weight excluding hydrogens is 446 g/mol. The molecule has 3 heterocycles. The maximum absolute atomic E-state index is 14.1. The molecule has 5 N–H and O–H groups in total.